The normalized spacial score (nSPS) is 30.4. The van der Waals surface area contributed by atoms with Gasteiger partial charge in [0.15, 0.2) is 5.17 Å². The van der Waals surface area contributed by atoms with E-state index in [2.05, 4.69) is 24.2 Å². The first-order valence-electron chi connectivity index (χ1n) is 5.71. The standard InChI is InChI=1S/C11H20N2S/c1-3-9-8-12-10(14-9)13-11(2)6-4-5-7-11/h9H,3-8H2,1-2H3,(H,12,13). The van der Waals surface area contributed by atoms with Gasteiger partial charge >= 0.3 is 0 Å². The van der Waals surface area contributed by atoms with E-state index in [4.69, 9.17) is 0 Å². The van der Waals surface area contributed by atoms with Crippen LogP contribution in [0.1, 0.15) is 46.0 Å². The summed E-state index contributed by atoms with van der Waals surface area (Å²) in [6, 6.07) is 0. The molecule has 0 aromatic rings. The second kappa shape index (κ2) is 4.13. The third-order valence-electron chi connectivity index (χ3n) is 3.29. The summed E-state index contributed by atoms with van der Waals surface area (Å²) in [6.45, 7) is 5.59. The van der Waals surface area contributed by atoms with Gasteiger partial charge in [0.2, 0.25) is 0 Å². The van der Waals surface area contributed by atoms with Gasteiger partial charge in [0.05, 0.1) is 6.54 Å². The molecule has 2 nitrogen and oxygen atoms in total. The molecular formula is C11H20N2S. The minimum Gasteiger partial charge on any atom is -0.360 e. The Morgan fingerprint density at radius 3 is 2.79 bits per heavy atom. The molecule has 1 N–H and O–H groups in total. The fraction of sp³-hybridized carbons (Fsp3) is 0.909. The Balaban J connectivity index is 1.86. The summed E-state index contributed by atoms with van der Waals surface area (Å²) in [6.07, 6.45) is 6.60. The van der Waals surface area contributed by atoms with Crippen LogP contribution in [-0.4, -0.2) is 22.5 Å². The molecule has 3 heteroatoms. The molecule has 0 aromatic heterocycles. The number of aliphatic imine (C=N–C) groups is 1. The van der Waals surface area contributed by atoms with Crippen molar-refractivity contribution in [1.82, 2.24) is 5.32 Å². The smallest absolute Gasteiger partial charge is 0.157 e. The van der Waals surface area contributed by atoms with Gasteiger partial charge in [-0.15, -0.1) is 0 Å². The minimum absolute atomic E-state index is 0.342. The summed E-state index contributed by atoms with van der Waals surface area (Å²) in [7, 11) is 0. The van der Waals surface area contributed by atoms with E-state index in [1.165, 1.54) is 37.3 Å². The molecule has 0 aromatic carbocycles. The van der Waals surface area contributed by atoms with Crippen molar-refractivity contribution < 1.29 is 0 Å². The van der Waals surface area contributed by atoms with Crippen LogP contribution in [-0.2, 0) is 0 Å². The zero-order chi connectivity index (χ0) is 10.0. The summed E-state index contributed by atoms with van der Waals surface area (Å²) in [4.78, 5) is 4.57. The molecule has 14 heavy (non-hydrogen) atoms. The van der Waals surface area contributed by atoms with Crippen LogP contribution < -0.4 is 5.32 Å². The number of hydrogen-bond acceptors (Lipinski definition) is 3. The SMILES string of the molecule is CCC1CN=C(NC2(C)CCCC2)S1. The molecule has 1 fully saturated rings. The topological polar surface area (TPSA) is 24.4 Å². The average molecular weight is 212 g/mol. The number of rotatable bonds is 2. The van der Waals surface area contributed by atoms with Gasteiger partial charge < -0.3 is 5.32 Å². The summed E-state index contributed by atoms with van der Waals surface area (Å²) < 4.78 is 0. The molecule has 0 bridgehead atoms. The van der Waals surface area contributed by atoms with Crippen molar-refractivity contribution in [1.29, 1.82) is 0 Å². The number of thioether (sulfide) groups is 1. The predicted molar refractivity (Wildman–Crippen MR) is 64.0 cm³/mol. The van der Waals surface area contributed by atoms with Crippen molar-refractivity contribution >= 4 is 16.9 Å². The molecule has 1 atom stereocenters. The molecule has 2 rings (SSSR count). The van der Waals surface area contributed by atoms with Gasteiger partial charge in [0.25, 0.3) is 0 Å². The van der Waals surface area contributed by atoms with E-state index in [0.29, 0.717) is 5.54 Å². The lowest BCUT2D eigenvalue weighted by molar-refractivity contribution is 0.434. The van der Waals surface area contributed by atoms with Crippen molar-refractivity contribution in [2.75, 3.05) is 6.54 Å². The van der Waals surface area contributed by atoms with Gasteiger partial charge in [0.1, 0.15) is 0 Å². The molecule has 1 saturated carbocycles. The molecule has 1 heterocycles. The van der Waals surface area contributed by atoms with Crippen LogP contribution in [0.25, 0.3) is 0 Å². The highest BCUT2D eigenvalue weighted by molar-refractivity contribution is 8.14. The number of hydrogen-bond donors (Lipinski definition) is 1. The van der Waals surface area contributed by atoms with Crippen LogP contribution in [0, 0.1) is 0 Å². The van der Waals surface area contributed by atoms with E-state index >= 15 is 0 Å². The molecule has 0 spiro atoms. The first-order chi connectivity index (χ1) is 6.72. The number of nitrogens with one attached hydrogen (secondary N) is 1. The van der Waals surface area contributed by atoms with E-state index in [1.807, 2.05) is 11.8 Å². The van der Waals surface area contributed by atoms with Gasteiger partial charge in [-0.05, 0) is 26.2 Å². The lowest BCUT2D eigenvalue weighted by Gasteiger charge is -2.26. The van der Waals surface area contributed by atoms with E-state index < -0.39 is 0 Å². The highest BCUT2D eigenvalue weighted by Gasteiger charge is 2.31. The fourth-order valence-electron chi connectivity index (χ4n) is 2.24. The summed E-state index contributed by atoms with van der Waals surface area (Å²) in [5.41, 5.74) is 0.342. The van der Waals surface area contributed by atoms with Gasteiger partial charge in [-0.1, -0.05) is 31.5 Å². The fourth-order valence-corrected chi connectivity index (χ4v) is 3.32. The average Bonchev–Trinajstić information content (AvgIpc) is 2.75. The Hall–Kier alpha value is -0.180. The maximum Gasteiger partial charge on any atom is 0.157 e. The molecule has 0 amide bonds. The summed E-state index contributed by atoms with van der Waals surface area (Å²) >= 11 is 1.93. The Bertz CT molecular complexity index is 231. The lowest BCUT2D eigenvalue weighted by atomic mass is 10.0. The molecule has 0 radical (unpaired) electrons. The van der Waals surface area contributed by atoms with Crippen molar-refractivity contribution in [3.8, 4) is 0 Å². The number of amidine groups is 1. The van der Waals surface area contributed by atoms with Gasteiger partial charge in [0, 0.05) is 10.8 Å². The van der Waals surface area contributed by atoms with E-state index in [-0.39, 0.29) is 0 Å². The van der Waals surface area contributed by atoms with Crippen molar-refractivity contribution in [2.24, 2.45) is 4.99 Å². The minimum atomic E-state index is 0.342. The van der Waals surface area contributed by atoms with Gasteiger partial charge in [-0.3, -0.25) is 4.99 Å². The molecule has 80 valence electrons. The molecule has 1 aliphatic heterocycles. The van der Waals surface area contributed by atoms with Gasteiger partial charge in [-0.25, -0.2) is 0 Å². The van der Waals surface area contributed by atoms with Crippen LogP contribution in [0.5, 0.6) is 0 Å². The monoisotopic (exact) mass is 212 g/mol. The van der Waals surface area contributed by atoms with Crippen LogP contribution >= 0.6 is 11.8 Å². The van der Waals surface area contributed by atoms with Crippen molar-refractivity contribution in [3.05, 3.63) is 0 Å². The maximum atomic E-state index is 4.57. The molecule has 2 aliphatic rings. The van der Waals surface area contributed by atoms with E-state index in [1.54, 1.807) is 0 Å². The van der Waals surface area contributed by atoms with E-state index in [0.717, 1.165) is 11.8 Å². The predicted octanol–water partition coefficient (Wildman–Crippen LogP) is 2.79. The Morgan fingerprint density at radius 2 is 2.21 bits per heavy atom. The quantitative estimate of drug-likeness (QED) is 0.761. The van der Waals surface area contributed by atoms with Crippen molar-refractivity contribution in [2.45, 2.75) is 56.7 Å². The highest BCUT2D eigenvalue weighted by Crippen LogP contribution is 2.31. The Morgan fingerprint density at radius 1 is 1.50 bits per heavy atom. The molecule has 1 unspecified atom stereocenters. The third-order valence-corrected chi connectivity index (χ3v) is 4.56. The third kappa shape index (κ3) is 2.25. The Labute approximate surface area is 90.9 Å². The lowest BCUT2D eigenvalue weighted by Crippen LogP contribution is -2.42. The van der Waals surface area contributed by atoms with Crippen molar-refractivity contribution in [3.63, 3.8) is 0 Å². The second-order valence-corrected chi connectivity index (χ2v) is 5.98. The first kappa shape index (κ1) is 10.3. The summed E-state index contributed by atoms with van der Waals surface area (Å²) in [5, 5.41) is 5.55. The number of nitrogens with zero attached hydrogens (tertiary/aromatic N) is 1. The van der Waals surface area contributed by atoms with Crippen LogP contribution in [0.2, 0.25) is 0 Å². The Kier molecular flexibility index (Phi) is 3.05. The first-order valence-corrected chi connectivity index (χ1v) is 6.59. The zero-order valence-electron chi connectivity index (χ0n) is 9.18. The van der Waals surface area contributed by atoms with Crippen LogP contribution in [0.4, 0.5) is 0 Å². The maximum absolute atomic E-state index is 4.57. The molecular weight excluding hydrogens is 192 g/mol. The van der Waals surface area contributed by atoms with Crippen LogP contribution in [0.15, 0.2) is 4.99 Å². The van der Waals surface area contributed by atoms with Gasteiger partial charge in [-0.2, -0.15) is 0 Å². The zero-order valence-corrected chi connectivity index (χ0v) is 9.99. The van der Waals surface area contributed by atoms with Crippen LogP contribution in [0.3, 0.4) is 0 Å². The second-order valence-electron chi connectivity index (χ2n) is 4.69. The summed E-state index contributed by atoms with van der Waals surface area (Å²) in [5.74, 6) is 0. The molecule has 1 aliphatic carbocycles. The van der Waals surface area contributed by atoms with E-state index in [9.17, 15) is 0 Å². The largest absolute Gasteiger partial charge is 0.360 e. The molecule has 0 saturated heterocycles. The highest BCUT2D eigenvalue weighted by atomic mass is 32.2.